The minimum Gasteiger partial charge on any atom is -0.466 e. The van der Waals surface area contributed by atoms with Crippen molar-refractivity contribution < 1.29 is 9.53 Å². The predicted octanol–water partition coefficient (Wildman–Crippen LogP) is 1.15. The van der Waals surface area contributed by atoms with Crippen LogP contribution < -0.4 is 0 Å². The summed E-state index contributed by atoms with van der Waals surface area (Å²) in [5, 5.41) is 9.94. The highest BCUT2D eigenvalue weighted by Gasteiger charge is 1.99. The highest BCUT2D eigenvalue weighted by molar-refractivity contribution is 8.03. The molecule has 0 amide bonds. The van der Waals surface area contributed by atoms with E-state index in [0.717, 1.165) is 11.8 Å². The number of ether oxygens (including phenoxy) is 1. The minimum absolute atomic E-state index is 0.231. The molecule has 0 saturated heterocycles. The minimum atomic E-state index is -0.231. The molecular formula is C6H9NO2S. The zero-order valence-corrected chi connectivity index (χ0v) is 6.61. The fourth-order valence-corrected chi connectivity index (χ4v) is 0.773. The van der Waals surface area contributed by atoms with E-state index < -0.39 is 0 Å². The molecule has 3 nitrogen and oxygen atoms in total. The molecule has 0 bridgehead atoms. The highest BCUT2D eigenvalue weighted by atomic mass is 32.2. The smallest absolute Gasteiger partial charge is 0.306 e. The highest BCUT2D eigenvalue weighted by Crippen LogP contribution is 1.99. The number of hydrogen-bond donors (Lipinski definition) is 0. The van der Waals surface area contributed by atoms with Crippen molar-refractivity contribution in [1.82, 2.24) is 0 Å². The number of thioether (sulfide) groups is 1. The van der Waals surface area contributed by atoms with Gasteiger partial charge in [-0.05, 0) is 18.7 Å². The van der Waals surface area contributed by atoms with Crippen LogP contribution in [0, 0.1) is 10.7 Å². The Hall–Kier alpha value is -0.690. The molecule has 0 atom stereocenters. The molecule has 0 unspecified atom stereocenters. The van der Waals surface area contributed by atoms with Gasteiger partial charge < -0.3 is 4.74 Å². The van der Waals surface area contributed by atoms with Crippen molar-refractivity contribution in [3.05, 3.63) is 0 Å². The average Bonchev–Trinajstić information content (AvgIpc) is 1.89. The molecule has 0 aliphatic rings. The first kappa shape index (κ1) is 9.31. The molecule has 56 valence electrons. The van der Waals surface area contributed by atoms with E-state index >= 15 is 0 Å². The van der Waals surface area contributed by atoms with E-state index in [-0.39, 0.29) is 5.97 Å². The second-order valence-electron chi connectivity index (χ2n) is 1.49. The summed E-state index contributed by atoms with van der Waals surface area (Å²) in [6.45, 7) is 2.17. The van der Waals surface area contributed by atoms with Crippen LogP contribution in [0.5, 0.6) is 0 Å². The van der Waals surface area contributed by atoms with E-state index in [1.54, 1.807) is 6.92 Å². The number of nitriles is 1. The van der Waals surface area contributed by atoms with E-state index in [1.165, 1.54) is 0 Å². The first-order chi connectivity index (χ1) is 4.81. The summed E-state index contributed by atoms with van der Waals surface area (Å²) in [6.07, 6.45) is 0.325. The second kappa shape index (κ2) is 6.43. The average molecular weight is 159 g/mol. The Morgan fingerprint density at radius 3 is 3.00 bits per heavy atom. The molecule has 0 heterocycles. The third-order valence-electron chi connectivity index (χ3n) is 0.778. The standard InChI is InChI=1S/C6H9NO2S/c1-2-9-6(8)3-4-10-5-7/h2-4H2,1H3. The third kappa shape index (κ3) is 5.45. The zero-order valence-electron chi connectivity index (χ0n) is 5.79. The van der Waals surface area contributed by atoms with E-state index in [4.69, 9.17) is 5.26 Å². The number of thiocyanates is 1. The monoisotopic (exact) mass is 159 g/mol. The Balaban J connectivity index is 3.15. The van der Waals surface area contributed by atoms with E-state index in [1.807, 2.05) is 5.40 Å². The van der Waals surface area contributed by atoms with Gasteiger partial charge in [-0.15, -0.1) is 0 Å². The van der Waals surface area contributed by atoms with Gasteiger partial charge in [0, 0.05) is 5.75 Å². The van der Waals surface area contributed by atoms with Gasteiger partial charge in [-0.25, -0.2) is 0 Å². The summed E-state index contributed by atoms with van der Waals surface area (Å²) in [6, 6.07) is 0. The number of hydrogen-bond acceptors (Lipinski definition) is 4. The molecule has 0 rings (SSSR count). The van der Waals surface area contributed by atoms with Gasteiger partial charge in [-0.1, -0.05) is 0 Å². The third-order valence-corrected chi connectivity index (χ3v) is 1.32. The molecule has 10 heavy (non-hydrogen) atoms. The van der Waals surface area contributed by atoms with Gasteiger partial charge >= 0.3 is 5.97 Å². The fourth-order valence-electron chi connectivity index (χ4n) is 0.413. The van der Waals surface area contributed by atoms with Crippen molar-refractivity contribution in [2.24, 2.45) is 0 Å². The maximum absolute atomic E-state index is 10.6. The van der Waals surface area contributed by atoms with Gasteiger partial charge in [0.25, 0.3) is 0 Å². The van der Waals surface area contributed by atoms with Crippen LogP contribution in [0.4, 0.5) is 0 Å². The first-order valence-corrected chi connectivity index (χ1v) is 3.96. The molecule has 0 aromatic heterocycles. The Labute approximate surface area is 64.4 Å². The lowest BCUT2D eigenvalue weighted by molar-refractivity contribution is -0.142. The zero-order chi connectivity index (χ0) is 7.82. The molecule has 0 fully saturated rings. The van der Waals surface area contributed by atoms with Crippen molar-refractivity contribution in [3.8, 4) is 5.40 Å². The normalized spacial score (nSPS) is 8.40. The van der Waals surface area contributed by atoms with Crippen molar-refractivity contribution in [2.75, 3.05) is 12.4 Å². The van der Waals surface area contributed by atoms with Gasteiger partial charge in [-0.2, -0.15) is 5.26 Å². The van der Waals surface area contributed by atoms with Crippen LogP contribution in [0.2, 0.25) is 0 Å². The van der Waals surface area contributed by atoms with Gasteiger partial charge in [-0.3, -0.25) is 4.79 Å². The van der Waals surface area contributed by atoms with Crippen LogP contribution in [0.1, 0.15) is 13.3 Å². The molecule has 0 aromatic rings. The molecule has 0 aromatic carbocycles. The quantitative estimate of drug-likeness (QED) is 0.351. The molecule has 0 saturated carbocycles. The van der Waals surface area contributed by atoms with Crippen molar-refractivity contribution in [1.29, 1.82) is 5.26 Å². The summed E-state index contributed by atoms with van der Waals surface area (Å²) >= 11 is 1.07. The molecule has 0 radical (unpaired) electrons. The van der Waals surface area contributed by atoms with Crippen LogP contribution in [-0.4, -0.2) is 18.3 Å². The number of nitrogens with zero attached hydrogens (tertiary/aromatic N) is 1. The number of carbonyl (C=O) groups excluding carboxylic acids is 1. The van der Waals surface area contributed by atoms with Crippen molar-refractivity contribution >= 4 is 17.7 Å². The van der Waals surface area contributed by atoms with Gasteiger partial charge in [0.15, 0.2) is 0 Å². The van der Waals surface area contributed by atoms with Crippen LogP contribution in [0.15, 0.2) is 0 Å². The number of esters is 1. The largest absolute Gasteiger partial charge is 0.466 e. The molecule has 4 heteroatoms. The Morgan fingerprint density at radius 1 is 1.80 bits per heavy atom. The summed E-state index contributed by atoms with van der Waals surface area (Å²) in [4.78, 5) is 10.6. The van der Waals surface area contributed by atoms with E-state index in [0.29, 0.717) is 18.8 Å². The number of rotatable bonds is 4. The molecule has 0 N–H and O–H groups in total. The summed E-state index contributed by atoms with van der Waals surface area (Å²) in [7, 11) is 0. The van der Waals surface area contributed by atoms with Crippen molar-refractivity contribution in [2.45, 2.75) is 13.3 Å². The SMILES string of the molecule is CCOC(=O)CCSC#N. The summed E-state index contributed by atoms with van der Waals surface area (Å²) in [5.74, 6) is 0.292. The lowest BCUT2D eigenvalue weighted by Crippen LogP contribution is -2.04. The van der Waals surface area contributed by atoms with Crippen LogP contribution in [0.3, 0.4) is 0 Å². The van der Waals surface area contributed by atoms with Crippen molar-refractivity contribution in [3.63, 3.8) is 0 Å². The second-order valence-corrected chi connectivity index (χ2v) is 2.37. The summed E-state index contributed by atoms with van der Waals surface area (Å²) < 4.78 is 4.63. The Morgan fingerprint density at radius 2 is 2.50 bits per heavy atom. The maximum atomic E-state index is 10.6. The van der Waals surface area contributed by atoms with Crippen LogP contribution >= 0.6 is 11.8 Å². The van der Waals surface area contributed by atoms with E-state index in [2.05, 4.69) is 4.74 Å². The van der Waals surface area contributed by atoms with Crippen LogP contribution in [0.25, 0.3) is 0 Å². The number of carbonyl (C=O) groups is 1. The molecule has 0 aliphatic carbocycles. The lowest BCUT2D eigenvalue weighted by Gasteiger charge is -1.97. The fraction of sp³-hybridized carbons (Fsp3) is 0.667. The maximum Gasteiger partial charge on any atom is 0.306 e. The van der Waals surface area contributed by atoms with Gasteiger partial charge in [0.05, 0.1) is 13.0 Å². The van der Waals surface area contributed by atoms with Gasteiger partial charge in [0.1, 0.15) is 5.40 Å². The summed E-state index contributed by atoms with van der Waals surface area (Å²) in [5.41, 5.74) is 0. The molecular weight excluding hydrogens is 150 g/mol. The first-order valence-electron chi connectivity index (χ1n) is 2.97. The Bertz CT molecular complexity index is 141. The topological polar surface area (TPSA) is 50.1 Å². The van der Waals surface area contributed by atoms with Gasteiger partial charge in [0.2, 0.25) is 0 Å². The lowest BCUT2D eigenvalue weighted by atomic mass is 10.5. The predicted molar refractivity (Wildman–Crippen MR) is 39.3 cm³/mol. The Kier molecular flexibility index (Phi) is 5.99. The molecule has 0 spiro atoms. The molecule has 0 aliphatic heterocycles. The van der Waals surface area contributed by atoms with E-state index in [9.17, 15) is 4.79 Å². The van der Waals surface area contributed by atoms with Crippen LogP contribution in [-0.2, 0) is 9.53 Å².